The molecule has 2 bridgehead atoms. The minimum Gasteiger partial charge on any atom is -0.449 e. The molecule has 3 atom stereocenters. The molecule has 0 aromatic heterocycles. The molecule has 4 rings (SSSR count). The van der Waals surface area contributed by atoms with Crippen LogP contribution in [0.5, 0.6) is 0 Å². The second kappa shape index (κ2) is 3.21. The van der Waals surface area contributed by atoms with Crippen LogP contribution < -0.4 is 0 Å². The van der Waals surface area contributed by atoms with Crippen LogP contribution in [0.3, 0.4) is 0 Å². The fourth-order valence-corrected chi connectivity index (χ4v) is 3.60. The number of rotatable bonds is 0. The van der Waals surface area contributed by atoms with E-state index < -0.39 is 5.60 Å². The third-order valence-corrected chi connectivity index (χ3v) is 4.32. The highest BCUT2D eigenvalue weighted by atomic mass is 16.7. The number of fused-ring (bicyclic) bond motifs is 1. The van der Waals surface area contributed by atoms with E-state index in [1.807, 2.05) is 11.1 Å². The van der Waals surface area contributed by atoms with Crippen LogP contribution in [0.1, 0.15) is 25.7 Å². The van der Waals surface area contributed by atoms with Gasteiger partial charge in [0, 0.05) is 24.6 Å². The van der Waals surface area contributed by atoms with Crippen LogP contribution >= 0.6 is 0 Å². The summed E-state index contributed by atoms with van der Waals surface area (Å²) in [5.74, 6) is -0.204. The van der Waals surface area contributed by atoms with Crippen molar-refractivity contribution < 1.29 is 14.4 Å². The van der Waals surface area contributed by atoms with Crippen molar-refractivity contribution in [3.05, 3.63) is 23.8 Å². The molecule has 1 aliphatic carbocycles. The van der Waals surface area contributed by atoms with Crippen LogP contribution in [0.15, 0.2) is 23.8 Å². The summed E-state index contributed by atoms with van der Waals surface area (Å²) in [7, 11) is 0. The van der Waals surface area contributed by atoms with Crippen LogP contribution in [0, 0.1) is 0 Å². The average Bonchev–Trinajstić information content (AvgIpc) is 2.67. The van der Waals surface area contributed by atoms with Crippen molar-refractivity contribution in [1.82, 2.24) is 5.06 Å². The summed E-state index contributed by atoms with van der Waals surface area (Å²) < 4.78 is 5.69. The lowest BCUT2D eigenvalue weighted by molar-refractivity contribution is -0.273. The second-order valence-electron chi connectivity index (χ2n) is 5.22. The largest absolute Gasteiger partial charge is 0.449 e. The highest BCUT2D eigenvalue weighted by molar-refractivity contribution is 5.87. The molecule has 0 amide bonds. The Balaban J connectivity index is 1.83. The Kier molecular flexibility index (Phi) is 1.86. The van der Waals surface area contributed by atoms with Crippen molar-refractivity contribution >= 4 is 5.97 Å². The molecule has 0 radical (unpaired) electrons. The molecule has 3 heterocycles. The van der Waals surface area contributed by atoms with Crippen LogP contribution in [0.2, 0.25) is 0 Å². The Morgan fingerprint density at radius 1 is 1.41 bits per heavy atom. The summed E-state index contributed by atoms with van der Waals surface area (Å²) >= 11 is 0. The molecular weight excluding hydrogens is 218 g/mol. The molecule has 0 aromatic carbocycles. The van der Waals surface area contributed by atoms with Crippen molar-refractivity contribution in [2.24, 2.45) is 0 Å². The van der Waals surface area contributed by atoms with E-state index in [0.717, 1.165) is 31.4 Å². The van der Waals surface area contributed by atoms with Gasteiger partial charge in [-0.2, -0.15) is 5.06 Å². The number of esters is 1. The second-order valence-corrected chi connectivity index (χ2v) is 5.22. The Bertz CT molecular complexity index is 442. The smallest absolute Gasteiger partial charge is 0.331 e. The van der Waals surface area contributed by atoms with E-state index in [0.29, 0.717) is 0 Å². The number of piperidine rings is 1. The minimum absolute atomic E-state index is 0.0930. The maximum Gasteiger partial charge on any atom is 0.331 e. The van der Waals surface area contributed by atoms with Gasteiger partial charge in [-0.3, -0.25) is 4.84 Å². The van der Waals surface area contributed by atoms with Crippen molar-refractivity contribution in [3.63, 3.8) is 0 Å². The monoisotopic (exact) mass is 233 g/mol. The fourth-order valence-electron chi connectivity index (χ4n) is 3.60. The van der Waals surface area contributed by atoms with E-state index in [4.69, 9.17) is 9.57 Å². The van der Waals surface area contributed by atoms with E-state index in [1.165, 1.54) is 6.42 Å². The molecule has 0 saturated carbocycles. The molecule has 90 valence electrons. The first-order valence-corrected chi connectivity index (χ1v) is 6.35. The number of hydrogen-bond acceptors (Lipinski definition) is 4. The highest BCUT2D eigenvalue weighted by Crippen LogP contribution is 2.49. The number of carbonyl (C=O) groups excluding carboxylic acids is 1. The van der Waals surface area contributed by atoms with Crippen LogP contribution in [0.25, 0.3) is 0 Å². The number of hydroxylamine groups is 2. The molecule has 4 heteroatoms. The maximum atomic E-state index is 11.6. The van der Waals surface area contributed by atoms with Gasteiger partial charge < -0.3 is 4.74 Å². The zero-order valence-electron chi connectivity index (χ0n) is 9.59. The number of carbonyl (C=O) groups is 1. The van der Waals surface area contributed by atoms with Gasteiger partial charge >= 0.3 is 5.97 Å². The topological polar surface area (TPSA) is 38.8 Å². The van der Waals surface area contributed by atoms with Gasteiger partial charge in [-0.1, -0.05) is 18.6 Å². The molecule has 2 fully saturated rings. The summed E-state index contributed by atoms with van der Waals surface area (Å²) in [6, 6.07) is 0.204. The average molecular weight is 233 g/mol. The standard InChI is InChI=1S/C13H15NO3/c15-12-8-9-10-4-3-6-13(9,16-12)11-5-1-2-7-14(11)17-10/h3-4,8,10-11H,1-2,5-7H2. The normalized spacial score (nSPS) is 43.8. The SMILES string of the molecule is O=C1C=C2C3C=CCC2(O1)C1CCCCN1O3. The van der Waals surface area contributed by atoms with Crippen molar-refractivity contribution in [1.29, 1.82) is 0 Å². The number of ether oxygens (including phenoxy) is 1. The quantitative estimate of drug-likeness (QED) is 0.467. The molecule has 17 heavy (non-hydrogen) atoms. The summed E-state index contributed by atoms with van der Waals surface area (Å²) in [4.78, 5) is 17.6. The Hall–Kier alpha value is -1.13. The Labute approximate surface area is 99.8 Å². The van der Waals surface area contributed by atoms with Crippen molar-refractivity contribution in [2.75, 3.05) is 6.54 Å². The van der Waals surface area contributed by atoms with E-state index in [9.17, 15) is 4.79 Å². The van der Waals surface area contributed by atoms with Crippen molar-refractivity contribution in [2.45, 2.75) is 43.4 Å². The summed E-state index contributed by atoms with van der Waals surface area (Å²) in [5, 5.41) is 2.05. The summed E-state index contributed by atoms with van der Waals surface area (Å²) in [6.07, 6.45) is 9.87. The van der Waals surface area contributed by atoms with Gasteiger partial charge in [-0.25, -0.2) is 4.79 Å². The van der Waals surface area contributed by atoms with Gasteiger partial charge in [-0.05, 0) is 12.8 Å². The summed E-state index contributed by atoms with van der Waals surface area (Å²) in [6.45, 7) is 0.946. The zero-order valence-corrected chi connectivity index (χ0v) is 9.59. The molecule has 4 nitrogen and oxygen atoms in total. The van der Waals surface area contributed by atoms with Gasteiger partial charge in [0.05, 0.1) is 6.04 Å². The number of hydrogen-bond donors (Lipinski definition) is 0. The molecule has 3 aliphatic heterocycles. The van der Waals surface area contributed by atoms with Crippen LogP contribution in [-0.2, 0) is 14.4 Å². The van der Waals surface area contributed by atoms with Gasteiger partial charge in [0.2, 0.25) is 0 Å². The number of nitrogens with zero attached hydrogens (tertiary/aromatic N) is 1. The van der Waals surface area contributed by atoms with E-state index in [1.54, 1.807) is 6.08 Å². The molecule has 3 unspecified atom stereocenters. The van der Waals surface area contributed by atoms with E-state index in [-0.39, 0.29) is 18.1 Å². The first kappa shape index (κ1) is 9.85. The predicted octanol–water partition coefficient (Wildman–Crippen LogP) is 1.34. The minimum atomic E-state index is -0.421. The van der Waals surface area contributed by atoms with Crippen LogP contribution in [-0.4, -0.2) is 35.3 Å². The fraction of sp³-hybridized carbons (Fsp3) is 0.615. The predicted molar refractivity (Wildman–Crippen MR) is 59.9 cm³/mol. The van der Waals surface area contributed by atoms with Gasteiger partial charge in [0.1, 0.15) is 6.10 Å². The maximum absolute atomic E-state index is 11.6. The van der Waals surface area contributed by atoms with Gasteiger partial charge in [0.25, 0.3) is 0 Å². The lowest BCUT2D eigenvalue weighted by Crippen LogP contribution is -2.63. The molecule has 2 saturated heterocycles. The van der Waals surface area contributed by atoms with Gasteiger partial charge in [0.15, 0.2) is 5.60 Å². The first-order chi connectivity index (χ1) is 8.29. The van der Waals surface area contributed by atoms with Crippen LogP contribution in [0.4, 0.5) is 0 Å². The molecular formula is C13H15NO3. The third kappa shape index (κ3) is 1.17. The van der Waals surface area contributed by atoms with E-state index >= 15 is 0 Å². The Morgan fingerprint density at radius 3 is 3.29 bits per heavy atom. The van der Waals surface area contributed by atoms with Crippen molar-refractivity contribution in [3.8, 4) is 0 Å². The molecule has 0 aromatic rings. The lowest BCUT2D eigenvalue weighted by Gasteiger charge is -2.52. The molecule has 0 spiro atoms. The zero-order chi connectivity index (χ0) is 11.5. The third-order valence-electron chi connectivity index (χ3n) is 4.32. The Morgan fingerprint density at radius 2 is 2.35 bits per heavy atom. The lowest BCUT2D eigenvalue weighted by atomic mass is 9.74. The first-order valence-electron chi connectivity index (χ1n) is 6.35. The van der Waals surface area contributed by atoms with E-state index in [2.05, 4.69) is 6.08 Å². The molecule has 0 N–H and O–H groups in total. The highest BCUT2D eigenvalue weighted by Gasteiger charge is 2.58. The van der Waals surface area contributed by atoms with Gasteiger partial charge in [-0.15, -0.1) is 0 Å². The summed E-state index contributed by atoms with van der Waals surface area (Å²) in [5.41, 5.74) is 0.614. The molecule has 4 aliphatic rings.